The smallest absolute Gasteiger partial charge is 0.339 e. The average molecular weight is 259 g/mol. The molecule has 0 bridgehead atoms. The molecule has 1 aromatic carbocycles. The SMILES string of the molecule is CSc1nc2ccccc2n2ncc(C(=O)O)c12. The molecule has 0 fully saturated rings. The minimum atomic E-state index is -0.989. The van der Waals surface area contributed by atoms with Crippen LogP contribution in [0.5, 0.6) is 0 Å². The monoisotopic (exact) mass is 259 g/mol. The maximum absolute atomic E-state index is 11.2. The summed E-state index contributed by atoms with van der Waals surface area (Å²) in [5, 5.41) is 14.0. The second-order valence-electron chi connectivity index (χ2n) is 3.73. The zero-order valence-corrected chi connectivity index (χ0v) is 10.3. The van der Waals surface area contributed by atoms with E-state index in [0.717, 1.165) is 11.0 Å². The number of thioether (sulfide) groups is 1. The van der Waals surface area contributed by atoms with Crippen LogP contribution in [0.4, 0.5) is 0 Å². The lowest BCUT2D eigenvalue weighted by Crippen LogP contribution is -2.00. The van der Waals surface area contributed by atoms with E-state index in [0.29, 0.717) is 10.5 Å². The van der Waals surface area contributed by atoms with Gasteiger partial charge in [0.15, 0.2) is 0 Å². The molecule has 2 heterocycles. The van der Waals surface area contributed by atoms with Crippen molar-refractivity contribution in [2.45, 2.75) is 5.03 Å². The number of carbonyl (C=O) groups is 1. The molecule has 3 rings (SSSR count). The van der Waals surface area contributed by atoms with Gasteiger partial charge in [0.05, 0.1) is 17.2 Å². The zero-order chi connectivity index (χ0) is 12.7. The summed E-state index contributed by atoms with van der Waals surface area (Å²) in [5.41, 5.74) is 2.33. The number of carboxylic acid groups (broad SMARTS) is 1. The highest BCUT2D eigenvalue weighted by Gasteiger charge is 2.17. The first-order valence-corrected chi connectivity index (χ1v) is 6.48. The summed E-state index contributed by atoms with van der Waals surface area (Å²) in [5.74, 6) is -0.989. The molecular formula is C12H9N3O2S. The van der Waals surface area contributed by atoms with Gasteiger partial charge in [0.25, 0.3) is 0 Å². The second-order valence-corrected chi connectivity index (χ2v) is 4.53. The summed E-state index contributed by atoms with van der Waals surface area (Å²) in [6, 6.07) is 7.53. The maximum atomic E-state index is 11.2. The van der Waals surface area contributed by atoms with E-state index in [-0.39, 0.29) is 5.56 Å². The number of aromatic carboxylic acids is 1. The molecule has 0 spiro atoms. The van der Waals surface area contributed by atoms with E-state index in [1.807, 2.05) is 30.5 Å². The largest absolute Gasteiger partial charge is 0.478 e. The lowest BCUT2D eigenvalue weighted by atomic mass is 10.2. The highest BCUT2D eigenvalue weighted by molar-refractivity contribution is 7.98. The first kappa shape index (κ1) is 11.0. The normalized spacial score (nSPS) is 11.2. The van der Waals surface area contributed by atoms with Crippen molar-refractivity contribution in [2.75, 3.05) is 6.26 Å². The Kier molecular flexibility index (Phi) is 2.45. The van der Waals surface area contributed by atoms with Gasteiger partial charge in [0, 0.05) is 0 Å². The number of fused-ring (bicyclic) bond motifs is 3. The molecule has 90 valence electrons. The van der Waals surface area contributed by atoms with Crippen molar-refractivity contribution >= 4 is 34.3 Å². The molecule has 0 radical (unpaired) electrons. The van der Waals surface area contributed by atoms with Crippen LogP contribution in [-0.4, -0.2) is 31.9 Å². The number of para-hydroxylation sites is 2. The van der Waals surface area contributed by atoms with Crippen LogP contribution >= 0.6 is 11.8 Å². The molecule has 0 amide bonds. The van der Waals surface area contributed by atoms with Gasteiger partial charge in [0.1, 0.15) is 16.1 Å². The van der Waals surface area contributed by atoms with Gasteiger partial charge < -0.3 is 5.11 Å². The van der Waals surface area contributed by atoms with E-state index in [1.165, 1.54) is 18.0 Å². The molecule has 6 heteroatoms. The van der Waals surface area contributed by atoms with Crippen LogP contribution in [0.25, 0.3) is 16.6 Å². The van der Waals surface area contributed by atoms with E-state index in [9.17, 15) is 9.90 Å². The van der Waals surface area contributed by atoms with Crippen molar-refractivity contribution in [1.29, 1.82) is 0 Å². The Labute approximate surface area is 106 Å². The fourth-order valence-corrected chi connectivity index (χ4v) is 2.52. The molecule has 0 saturated carbocycles. The molecule has 2 aromatic heterocycles. The second kappa shape index (κ2) is 3.99. The number of carboxylic acids is 1. The van der Waals surface area contributed by atoms with Crippen molar-refractivity contribution in [3.63, 3.8) is 0 Å². The fourth-order valence-electron chi connectivity index (χ4n) is 1.94. The number of aromatic nitrogens is 3. The topological polar surface area (TPSA) is 67.5 Å². The van der Waals surface area contributed by atoms with Crippen molar-refractivity contribution in [1.82, 2.24) is 14.6 Å². The minimum Gasteiger partial charge on any atom is -0.478 e. The molecule has 0 atom stereocenters. The van der Waals surface area contributed by atoms with Gasteiger partial charge in [-0.25, -0.2) is 14.3 Å². The highest BCUT2D eigenvalue weighted by Crippen LogP contribution is 2.26. The summed E-state index contributed by atoms with van der Waals surface area (Å²) in [6.45, 7) is 0. The van der Waals surface area contributed by atoms with E-state index in [4.69, 9.17) is 0 Å². The number of hydrogen-bond acceptors (Lipinski definition) is 4. The van der Waals surface area contributed by atoms with Gasteiger partial charge in [0.2, 0.25) is 0 Å². The van der Waals surface area contributed by atoms with E-state index < -0.39 is 5.97 Å². The molecule has 3 aromatic rings. The predicted octanol–water partition coefficient (Wildman–Crippen LogP) is 2.30. The standard InChI is InChI=1S/C12H9N3O2S/c1-18-11-10-7(12(16)17)6-13-15(10)9-5-3-2-4-8(9)14-11/h2-6H,1H3,(H,16,17). The third-order valence-electron chi connectivity index (χ3n) is 2.73. The third-order valence-corrected chi connectivity index (χ3v) is 3.40. The van der Waals surface area contributed by atoms with Crippen LogP contribution < -0.4 is 0 Å². The van der Waals surface area contributed by atoms with Crippen LogP contribution in [0.3, 0.4) is 0 Å². The summed E-state index contributed by atoms with van der Waals surface area (Å²) in [4.78, 5) is 15.7. The minimum absolute atomic E-state index is 0.178. The first-order chi connectivity index (χ1) is 8.72. The molecule has 0 aliphatic carbocycles. The summed E-state index contributed by atoms with van der Waals surface area (Å²) in [7, 11) is 0. The summed E-state index contributed by atoms with van der Waals surface area (Å²) in [6.07, 6.45) is 3.24. The van der Waals surface area contributed by atoms with E-state index >= 15 is 0 Å². The Balaban J connectivity index is 2.54. The van der Waals surface area contributed by atoms with E-state index in [2.05, 4.69) is 10.1 Å². The van der Waals surface area contributed by atoms with Gasteiger partial charge in [-0.3, -0.25) is 0 Å². The molecule has 0 aliphatic rings. The Morgan fingerprint density at radius 2 is 2.17 bits per heavy atom. The van der Waals surface area contributed by atoms with Crippen LogP contribution in [0.2, 0.25) is 0 Å². The van der Waals surface area contributed by atoms with Crippen LogP contribution in [0, 0.1) is 0 Å². The van der Waals surface area contributed by atoms with Gasteiger partial charge in [-0.15, -0.1) is 11.8 Å². The molecule has 0 saturated heterocycles. The van der Waals surface area contributed by atoms with Gasteiger partial charge in [-0.1, -0.05) is 12.1 Å². The predicted molar refractivity (Wildman–Crippen MR) is 69.2 cm³/mol. The van der Waals surface area contributed by atoms with Gasteiger partial charge >= 0.3 is 5.97 Å². The van der Waals surface area contributed by atoms with Crippen molar-refractivity contribution in [3.8, 4) is 0 Å². The highest BCUT2D eigenvalue weighted by atomic mass is 32.2. The van der Waals surface area contributed by atoms with Gasteiger partial charge in [-0.2, -0.15) is 5.10 Å². The van der Waals surface area contributed by atoms with Crippen LogP contribution in [-0.2, 0) is 0 Å². The quantitative estimate of drug-likeness (QED) is 0.715. The molecule has 18 heavy (non-hydrogen) atoms. The lowest BCUT2D eigenvalue weighted by molar-refractivity contribution is 0.0699. The Bertz CT molecular complexity index is 766. The zero-order valence-electron chi connectivity index (χ0n) is 9.49. The molecule has 5 nitrogen and oxygen atoms in total. The van der Waals surface area contributed by atoms with Crippen molar-refractivity contribution in [3.05, 3.63) is 36.0 Å². The van der Waals surface area contributed by atoms with E-state index in [1.54, 1.807) is 4.52 Å². The molecule has 0 unspecified atom stereocenters. The average Bonchev–Trinajstić information content (AvgIpc) is 2.83. The molecular weight excluding hydrogens is 250 g/mol. The van der Waals surface area contributed by atoms with Gasteiger partial charge in [-0.05, 0) is 18.4 Å². The maximum Gasteiger partial charge on any atom is 0.339 e. The Morgan fingerprint density at radius 3 is 2.89 bits per heavy atom. The summed E-state index contributed by atoms with van der Waals surface area (Å²) >= 11 is 1.41. The third kappa shape index (κ3) is 1.46. The molecule has 0 aliphatic heterocycles. The lowest BCUT2D eigenvalue weighted by Gasteiger charge is -2.05. The number of hydrogen-bond donors (Lipinski definition) is 1. The first-order valence-electron chi connectivity index (χ1n) is 5.26. The Hall–Kier alpha value is -2.08. The van der Waals surface area contributed by atoms with Crippen LogP contribution in [0.1, 0.15) is 10.4 Å². The van der Waals surface area contributed by atoms with Crippen LogP contribution in [0.15, 0.2) is 35.5 Å². The number of benzene rings is 1. The van der Waals surface area contributed by atoms with Crippen molar-refractivity contribution in [2.24, 2.45) is 0 Å². The summed E-state index contributed by atoms with van der Waals surface area (Å²) < 4.78 is 1.64. The fraction of sp³-hybridized carbons (Fsp3) is 0.0833. The van der Waals surface area contributed by atoms with Crippen molar-refractivity contribution < 1.29 is 9.90 Å². The number of rotatable bonds is 2. The Morgan fingerprint density at radius 1 is 1.39 bits per heavy atom. The molecule has 1 N–H and O–H groups in total. The number of nitrogens with zero attached hydrogens (tertiary/aromatic N) is 3.